The first kappa shape index (κ1) is 13.3. The summed E-state index contributed by atoms with van der Waals surface area (Å²) in [5.41, 5.74) is 4.04. The second-order valence-electron chi connectivity index (χ2n) is 4.69. The largest absolute Gasteiger partial charge is 0.336 e. The number of aromatic nitrogens is 5. The van der Waals surface area contributed by atoms with E-state index in [1.165, 1.54) is 0 Å². The van der Waals surface area contributed by atoms with Crippen molar-refractivity contribution in [1.29, 1.82) is 0 Å². The number of rotatable bonds is 3. The second kappa shape index (κ2) is 4.83. The van der Waals surface area contributed by atoms with Gasteiger partial charge in [-0.3, -0.25) is 9.48 Å². The Hall–Kier alpha value is -2.18. The molecule has 0 aliphatic carbocycles. The highest BCUT2D eigenvalue weighted by Gasteiger charge is 2.20. The summed E-state index contributed by atoms with van der Waals surface area (Å²) in [5.74, 6) is -0.145. The number of hydrogen-bond donors (Lipinski definition) is 1. The number of aromatic amines is 1. The van der Waals surface area contributed by atoms with E-state index >= 15 is 0 Å². The molecule has 7 heteroatoms. The van der Waals surface area contributed by atoms with E-state index in [4.69, 9.17) is 0 Å². The minimum absolute atomic E-state index is 0.145. The predicted octanol–water partition coefficient (Wildman–Crippen LogP) is 0.736. The van der Waals surface area contributed by atoms with Gasteiger partial charge in [-0.05, 0) is 20.8 Å². The zero-order valence-electron chi connectivity index (χ0n) is 11.9. The van der Waals surface area contributed by atoms with Gasteiger partial charge in [0.1, 0.15) is 0 Å². The SMILES string of the molecule is Cc1n[nH]nc1C(=O)N(C)Cc1c(C)nn(C)c1C. The zero-order chi connectivity index (χ0) is 14.2. The van der Waals surface area contributed by atoms with Crippen LogP contribution in [0.5, 0.6) is 0 Å². The van der Waals surface area contributed by atoms with Crippen LogP contribution >= 0.6 is 0 Å². The number of nitrogens with one attached hydrogen (secondary N) is 1. The van der Waals surface area contributed by atoms with Gasteiger partial charge in [-0.2, -0.15) is 20.5 Å². The molecule has 1 N–H and O–H groups in total. The maximum atomic E-state index is 12.2. The molecule has 0 aliphatic rings. The molecule has 0 bridgehead atoms. The van der Waals surface area contributed by atoms with Crippen molar-refractivity contribution in [2.24, 2.45) is 7.05 Å². The minimum Gasteiger partial charge on any atom is -0.336 e. The van der Waals surface area contributed by atoms with Gasteiger partial charge in [0.15, 0.2) is 5.69 Å². The Bertz CT molecular complexity index is 612. The Morgan fingerprint density at radius 1 is 1.26 bits per heavy atom. The molecule has 0 unspecified atom stereocenters. The van der Waals surface area contributed by atoms with Gasteiger partial charge in [-0.25, -0.2) is 0 Å². The number of hydrogen-bond acceptors (Lipinski definition) is 4. The maximum absolute atomic E-state index is 12.2. The lowest BCUT2D eigenvalue weighted by Crippen LogP contribution is -2.27. The van der Waals surface area contributed by atoms with Gasteiger partial charge in [0.2, 0.25) is 0 Å². The molecule has 2 aromatic rings. The number of nitrogens with zero attached hydrogens (tertiary/aromatic N) is 5. The molecule has 2 heterocycles. The Labute approximate surface area is 111 Å². The highest BCUT2D eigenvalue weighted by atomic mass is 16.2. The van der Waals surface area contributed by atoms with E-state index in [1.807, 2.05) is 25.6 Å². The summed E-state index contributed by atoms with van der Waals surface area (Å²) >= 11 is 0. The topological polar surface area (TPSA) is 79.7 Å². The third kappa shape index (κ3) is 2.35. The molecule has 0 saturated carbocycles. The third-order valence-corrected chi connectivity index (χ3v) is 3.33. The van der Waals surface area contributed by atoms with Crippen LogP contribution in [0.4, 0.5) is 0 Å². The number of carbonyl (C=O) groups is 1. The van der Waals surface area contributed by atoms with Gasteiger partial charge < -0.3 is 4.90 Å². The van der Waals surface area contributed by atoms with E-state index in [0.29, 0.717) is 17.9 Å². The van der Waals surface area contributed by atoms with Crippen LogP contribution in [-0.2, 0) is 13.6 Å². The molecule has 1 amide bonds. The minimum atomic E-state index is -0.145. The predicted molar refractivity (Wildman–Crippen MR) is 69.6 cm³/mol. The van der Waals surface area contributed by atoms with Gasteiger partial charge in [-0.1, -0.05) is 0 Å². The average Bonchev–Trinajstić information content (AvgIpc) is 2.88. The molecule has 0 aromatic carbocycles. The standard InChI is InChI=1S/C12H18N6O/c1-7-10(9(3)18(5)15-7)6-17(4)12(19)11-8(2)13-16-14-11/h6H2,1-5H3,(H,13,14,16). The van der Waals surface area contributed by atoms with Crippen molar-refractivity contribution in [3.05, 3.63) is 28.3 Å². The van der Waals surface area contributed by atoms with E-state index in [-0.39, 0.29) is 5.91 Å². The summed E-state index contributed by atoms with van der Waals surface area (Å²) in [6.45, 7) is 6.21. The lowest BCUT2D eigenvalue weighted by Gasteiger charge is -2.16. The fraction of sp³-hybridized carbons (Fsp3) is 0.500. The lowest BCUT2D eigenvalue weighted by atomic mass is 10.2. The van der Waals surface area contributed by atoms with Crippen molar-refractivity contribution in [3.63, 3.8) is 0 Å². The van der Waals surface area contributed by atoms with Crippen molar-refractivity contribution < 1.29 is 4.79 Å². The van der Waals surface area contributed by atoms with E-state index in [9.17, 15) is 4.79 Å². The summed E-state index contributed by atoms with van der Waals surface area (Å²) in [7, 11) is 3.65. The number of amides is 1. The van der Waals surface area contributed by atoms with Gasteiger partial charge in [0.25, 0.3) is 5.91 Å². The summed E-state index contributed by atoms with van der Waals surface area (Å²) in [5, 5.41) is 14.6. The molecule has 2 aromatic heterocycles. The van der Waals surface area contributed by atoms with Gasteiger partial charge in [-0.15, -0.1) is 0 Å². The average molecular weight is 262 g/mol. The van der Waals surface area contributed by atoms with Crippen LogP contribution in [-0.4, -0.2) is 43.0 Å². The summed E-state index contributed by atoms with van der Waals surface area (Å²) in [6, 6.07) is 0. The Kier molecular flexibility index (Phi) is 3.37. The van der Waals surface area contributed by atoms with Crippen LogP contribution in [0.3, 0.4) is 0 Å². The van der Waals surface area contributed by atoms with Crippen LogP contribution in [0, 0.1) is 20.8 Å². The molecule has 7 nitrogen and oxygen atoms in total. The first-order chi connectivity index (χ1) is 8.91. The quantitative estimate of drug-likeness (QED) is 0.884. The smallest absolute Gasteiger partial charge is 0.276 e. The molecule has 0 radical (unpaired) electrons. The van der Waals surface area contributed by atoms with E-state index < -0.39 is 0 Å². The van der Waals surface area contributed by atoms with Crippen LogP contribution < -0.4 is 0 Å². The summed E-state index contributed by atoms with van der Waals surface area (Å²) in [6.07, 6.45) is 0. The maximum Gasteiger partial charge on any atom is 0.276 e. The van der Waals surface area contributed by atoms with Crippen LogP contribution in [0.15, 0.2) is 0 Å². The number of carbonyl (C=O) groups excluding carboxylic acids is 1. The Morgan fingerprint density at radius 2 is 1.95 bits per heavy atom. The molecular formula is C12H18N6O. The van der Waals surface area contributed by atoms with Gasteiger partial charge >= 0.3 is 0 Å². The molecular weight excluding hydrogens is 244 g/mol. The first-order valence-corrected chi connectivity index (χ1v) is 6.03. The molecule has 19 heavy (non-hydrogen) atoms. The van der Waals surface area contributed by atoms with Gasteiger partial charge in [0, 0.05) is 31.9 Å². The van der Waals surface area contributed by atoms with Crippen molar-refractivity contribution in [3.8, 4) is 0 Å². The summed E-state index contributed by atoms with van der Waals surface area (Å²) in [4.78, 5) is 13.9. The third-order valence-electron chi connectivity index (χ3n) is 3.33. The fourth-order valence-electron chi connectivity index (χ4n) is 2.02. The van der Waals surface area contributed by atoms with E-state index in [0.717, 1.165) is 17.0 Å². The monoisotopic (exact) mass is 262 g/mol. The van der Waals surface area contributed by atoms with Crippen LogP contribution in [0.1, 0.15) is 33.1 Å². The van der Waals surface area contributed by atoms with Crippen molar-refractivity contribution >= 4 is 5.91 Å². The molecule has 0 fully saturated rings. The molecule has 102 valence electrons. The van der Waals surface area contributed by atoms with Gasteiger partial charge in [0.05, 0.1) is 11.4 Å². The Morgan fingerprint density at radius 3 is 2.42 bits per heavy atom. The Balaban J connectivity index is 2.20. The molecule has 0 spiro atoms. The molecule has 0 atom stereocenters. The van der Waals surface area contributed by atoms with E-state index in [2.05, 4.69) is 20.5 Å². The van der Waals surface area contributed by atoms with Crippen LogP contribution in [0.25, 0.3) is 0 Å². The second-order valence-corrected chi connectivity index (χ2v) is 4.69. The zero-order valence-corrected chi connectivity index (χ0v) is 11.9. The number of H-pyrrole nitrogens is 1. The molecule has 0 aliphatic heterocycles. The van der Waals surface area contributed by atoms with Crippen LogP contribution in [0.2, 0.25) is 0 Å². The molecule has 0 saturated heterocycles. The lowest BCUT2D eigenvalue weighted by molar-refractivity contribution is 0.0778. The van der Waals surface area contributed by atoms with Crippen molar-refractivity contribution in [2.45, 2.75) is 27.3 Å². The normalized spacial score (nSPS) is 10.8. The molecule has 2 rings (SSSR count). The highest BCUT2D eigenvalue weighted by molar-refractivity contribution is 5.92. The fourth-order valence-corrected chi connectivity index (χ4v) is 2.02. The first-order valence-electron chi connectivity index (χ1n) is 6.03. The van der Waals surface area contributed by atoms with Crippen molar-refractivity contribution in [1.82, 2.24) is 30.1 Å². The van der Waals surface area contributed by atoms with Crippen molar-refractivity contribution in [2.75, 3.05) is 7.05 Å². The van der Waals surface area contributed by atoms with E-state index in [1.54, 1.807) is 18.9 Å². The highest BCUT2D eigenvalue weighted by Crippen LogP contribution is 2.15. The summed E-state index contributed by atoms with van der Waals surface area (Å²) < 4.78 is 1.82. The number of aryl methyl sites for hydroxylation is 3.